The van der Waals surface area contributed by atoms with Crippen molar-refractivity contribution in [3.8, 4) is 0 Å². The number of fused-ring (bicyclic) bond motifs is 2. The first-order valence-corrected chi connectivity index (χ1v) is 6.08. The van der Waals surface area contributed by atoms with E-state index in [1.165, 1.54) is 0 Å². The Bertz CT molecular complexity index is 595. The second-order valence-corrected chi connectivity index (χ2v) is 5.06. The number of rotatable bonds is 0. The van der Waals surface area contributed by atoms with Gasteiger partial charge in [-0.15, -0.1) is 0 Å². The van der Waals surface area contributed by atoms with Gasteiger partial charge in [-0.05, 0) is 30.3 Å². The topological polar surface area (TPSA) is 55.1 Å². The average Bonchev–Trinajstić information content (AvgIpc) is 2.31. The minimum Gasteiger partial charge on any atom is -0.399 e. The Labute approximate surface area is 95.7 Å². The molecule has 2 aromatic rings. The fourth-order valence-electron chi connectivity index (χ4n) is 1.79. The van der Waals surface area contributed by atoms with E-state index < -0.39 is 10.8 Å². The van der Waals surface area contributed by atoms with E-state index in [1.54, 1.807) is 12.1 Å². The lowest BCUT2D eigenvalue weighted by Crippen LogP contribution is -2.08. The standard InChI is InChI=1S/C12H10N2OS/c13-8-5-6-10-12(7-8)16(15)11-4-2-1-3-9(11)14-10/h1-7,14H,13H2. The highest BCUT2D eigenvalue weighted by Crippen LogP contribution is 2.37. The lowest BCUT2D eigenvalue weighted by atomic mass is 10.2. The molecule has 0 saturated heterocycles. The fraction of sp³-hybridized carbons (Fsp3) is 0. The monoisotopic (exact) mass is 230 g/mol. The van der Waals surface area contributed by atoms with E-state index in [-0.39, 0.29) is 0 Å². The predicted molar refractivity (Wildman–Crippen MR) is 65.3 cm³/mol. The lowest BCUT2D eigenvalue weighted by molar-refractivity contribution is 0.683. The fourth-order valence-corrected chi connectivity index (χ4v) is 3.11. The van der Waals surface area contributed by atoms with Gasteiger partial charge in [-0.25, -0.2) is 4.21 Å². The zero-order valence-corrected chi connectivity index (χ0v) is 9.25. The molecule has 0 bridgehead atoms. The van der Waals surface area contributed by atoms with Crippen LogP contribution >= 0.6 is 0 Å². The number of hydrogen-bond acceptors (Lipinski definition) is 3. The van der Waals surface area contributed by atoms with Gasteiger partial charge in [0, 0.05) is 5.69 Å². The Balaban J connectivity index is 2.23. The van der Waals surface area contributed by atoms with Crippen LogP contribution in [0.5, 0.6) is 0 Å². The molecular weight excluding hydrogens is 220 g/mol. The minimum atomic E-state index is -1.14. The summed E-state index contributed by atoms with van der Waals surface area (Å²) >= 11 is 0. The van der Waals surface area contributed by atoms with Crippen molar-refractivity contribution in [1.29, 1.82) is 0 Å². The van der Waals surface area contributed by atoms with Crippen molar-refractivity contribution < 1.29 is 4.21 Å². The van der Waals surface area contributed by atoms with E-state index in [0.717, 1.165) is 21.2 Å². The summed E-state index contributed by atoms with van der Waals surface area (Å²) in [6.45, 7) is 0. The Kier molecular flexibility index (Phi) is 1.97. The molecule has 1 atom stereocenters. The van der Waals surface area contributed by atoms with Crippen LogP contribution in [0.4, 0.5) is 17.1 Å². The van der Waals surface area contributed by atoms with Crippen LogP contribution in [-0.4, -0.2) is 4.21 Å². The van der Waals surface area contributed by atoms with Crippen molar-refractivity contribution in [2.45, 2.75) is 9.79 Å². The molecular formula is C12H10N2OS. The number of nitrogens with one attached hydrogen (secondary N) is 1. The van der Waals surface area contributed by atoms with Crippen LogP contribution in [0.15, 0.2) is 52.3 Å². The molecule has 0 aromatic heterocycles. The van der Waals surface area contributed by atoms with Gasteiger partial charge >= 0.3 is 0 Å². The van der Waals surface area contributed by atoms with Gasteiger partial charge in [-0.3, -0.25) is 0 Å². The first-order valence-electron chi connectivity index (χ1n) is 4.93. The average molecular weight is 230 g/mol. The third-order valence-corrected chi connectivity index (χ3v) is 4.05. The lowest BCUT2D eigenvalue weighted by Gasteiger charge is -2.20. The van der Waals surface area contributed by atoms with Crippen LogP contribution in [0.2, 0.25) is 0 Å². The van der Waals surface area contributed by atoms with E-state index in [4.69, 9.17) is 5.73 Å². The number of nitrogens with two attached hydrogens (primary N) is 1. The van der Waals surface area contributed by atoms with Crippen LogP contribution in [-0.2, 0) is 10.8 Å². The van der Waals surface area contributed by atoms with Gasteiger partial charge in [0.1, 0.15) is 0 Å². The molecule has 1 heterocycles. The summed E-state index contributed by atoms with van der Waals surface area (Å²) in [7, 11) is -1.14. The SMILES string of the molecule is Nc1ccc2c(c1)S(=O)c1ccccc1N2. The molecule has 3 rings (SSSR count). The number of hydrogen-bond donors (Lipinski definition) is 2. The Morgan fingerprint density at radius 1 is 1.00 bits per heavy atom. The summed E-state index contributed by atoms with van der Waals surface area (Å²) < 4.78 is 12.3. The predicted octanol–water partition coefficient (Wildman–Crippen LogP) is 2.49. The summed E-state index contributed by atoms with van der Waals surface area (Å²) in [5.74, 6) is 0. The smallest absolute Gasteiger partial charge is 0.0892 e. The zero-order chi connectivity index (χ0) is 11.1. The molecule has 3 N–H and O–H groups in total. The van der Waals surface area contributed by atoms with E-state index in [2.05, 4.69) is 5.32 Å². The number of anilines is 3. The highest BCUT2D eigenvalue weighted by atomic mass is 32.2. The number of nitrogen functional groups attached to an aromatic ring is 1. The van der Waals surface area contributed by atoms with Crippen molar-refractivity contribution in [2.24, 2.45) is 0 Å². The molecule has 1 unspecified atom stereocenters. The van der Waals surface area contributed by atoms with Gasteiger partial charge in [0.05, 0.1) is 32.0 Å². The van der Waals surface area contributed by atoms with Crippen molar-refractivity contribution in [3.63, 3.8) is 0 Å². The van der Waals surface area contributed by atoms with Crippen LogP contribution in [0.3, 0.4) is 0 Å². The molecule has 0 spiro atoms. The molecule has 0 saturated carbocycles. The van der Waals surface area contributed by atoms with Gasteiger partial charge in [-0.1, -0.05) is 12.1 Å². The van der Waals surface area contributed by atoms with Gasteiger partial charge in [0.15, 0.2) is 0 Å². The molecule has 0 fully saturated rings. The molecule has 3 nitrogen and oxygen atoms in total. The molecule has 1 aliphatic heterocycles. The largest absolute Gasteiger partial charge is 0.399 e. The molecule has 1 aliphatic rings. The summed E-state index contributed by atoms with van der Waals surface area (Å²) in [6, 6.07) is 13.0. The Morgan fingerprint density at radius 3 is 2.62 bits per heavy atom. The summed E-state index contributed by atoms with van der Waals surface area (Å²) in [5.41, 5.74) is 8.10. The number of benzene rings is 2. The molecule has 16 heavy (non-hydrogen) atoms. The van der Waals surface area contributed by atoms with E-state index >= 15 is 0 Å². The Morgan fingerprint density at radius 2 is 1.75 bits per heavy atom. The van der Waals surface area contributed by atoms with Crippen molar-refractivity contribution >= 4 is 27.9 Å². The maximum atomic E-state index is 12.3. The van der Waals surface area contributed by atoms with Gasteiger partial charge < -0.3 is 11.1 Å². The first kappa shape index (κ1) is 9.42. The van der Waals surface area contributed by atoms with E-state index in [0.29, 0.717) is 5.69 Å². The third kappa shape index (κ3) is 1.31. The molecule has 0 aliphatic carbocycles. The zero-order valence-electron chi connectivity index (χ0n) is 8.44. The first-order chi connectivity index (χ1) is 7.75. The molecule has 80 valence electrons. The molecule has 0 amide bonds. The second kappa shape index (κ2) is 3.35. The van der Waals surface area contributed by atoms with Crippen LogP contribution < -0.4 is 11.1 Å². The minimum absolute atomic E-state index is 0.633. The van der Waals surface area contributed by atoms with Crippen molar-refractivity contribution in [3.05, 3.63) is 42.5 Å². The van der Waals surface area contributed by atoms with Gasteiger partial charge in [-0.2, -0.15) is 0 Å². The number of para-hydroxylation sites is 1. The summed E-state index contributed by atoms with van der Waals surface area (Å²) in [4.78, 5) is 1.55. The summed E-state index contributed by atoms with van der Waals surface area (Å²) in [5, 5.41) is 3.25. The van der Waals surface area contributed by atoms with E-state index in [9.17, 15) is 4.21 Å². The van der Waals surface area contributed by atoms with Crippen LogP contribution in [0.25, 0.3) is 0 Å². The Hall–Kier alpha value is -1.81. The highest BCUT2D eigenvalue weighted by molar-refractivity contribution is 7.85. The summed E-state index contributed by atoms with van der Waals surface area (Å²) in [6.07, 6.45) is 0. The van der Waals surface area contributed by atoms with Crippen LogP contribution in [0, 0.1) is 0 Å². The second-order valence-electron chi connectivity index (χ2n) is 3.65. The van der Waals surface area contributed by atoms with Crippen LogP contribution in [0.1, 0.15) is 0 Å². The van der Waals surface area contributed by atoms with E-state index in [1.807, 2.05) is 30.3 Å². The van der Waals surface area contributed by atoms with Gasteiger partial charge in [0.2, 0.25) is 0 Å². The van der Waals surface area contributed by atoms with Crippen molar-refractivity contribution in [2.75, 3.05) is 11.1 Å². The van der Waals surface area contributed by atoms with Crippen molar-refractivity contribution in [1.82, 2.24) is 0 Å². The highest BCUT2D eigenvalue weighted by Gasteiger charge is 2.21. The molecule has 0 radical (unpaired) electrons. The normalized spacial score (nSPS) is 17.1. The maximum absolute atomic E-state index is 12.3. The molecule has 2 aromatic carbocycles. The third-order valence-electron chi connectivity index (χ3n) is 2.56. The molecule has 4 heteroatoms. The quantitative estimate of drug-likeness (QED) is 0.583. The van der Waals surface area contributed by atoms with Gasteiger partial charge in [0.25, 0.3) is 0 Å². The maximum Gasteiger partial charge on any atom is 0.0892 e.